The Kier molecular flexibility index (Phi) is 2.79. The molecule has 19 heavy (non-hydrogen) atoms. The molecule has 0 saturated heterocycles. The number of fused-ring (bicyclic) bond motifs is 1. The lowest BCUT2D eigenvalue weighted by Gasteiger charge is -2.05. The molecule has 6 heteroatoms. The van der Waals surface area contributed by atoms with Crippen LogP contribution >= 0.6 is 11.3 Å². The van der Waals surface area contributed by atoms with Gasteiger partial charge in [-0.2, -0.15) is 0 Å². The van der Waals surface area contributed by atoms with Gasteiger partial charge in [0.25, 0.3) is 11.8 Å². The van der Waals surface area contributed by atoms with Gasteiger partial charge in [0.2, 0.25) is 0 Å². The lowest BCUT2D eigenvalue weighted by molar-refractivity contribution is 0.0693. The molecular formula is C13H11N3O2S. The van der Waals surface area contributed by atoms with Crippen molar-refractivity contribution in [3.05, 3.63) is 45.9 Å². The number of amides is 2. The minimum absolute atomic E-state index is 0.242. The third kappa shape index (κ3) is 2.00. The number of thiazole rings is 1. The monoisotopic (exact) mass is 273 g/mol. The topological polar surface area (TPSA) is 62.3 Å². The highest BCUT2D eigenvalue weighted by atomic mass is 32.1. The van der Waals surface area contributed by atoms with Crippen LogP contribution in [-0.4, -0.2) is 28.7 Å². The number of nitrogens with one attached hydrogen (secondary N) is 1. The van der Waals surface area contributed by atoms with Crippen molar-refractivity contribution in [3.8, 4) is 0 Å². The number of nitrogens with zero attached hydrogens (tertiary/aromatic N) is 2. The summed E-state index contributed by atoms with van der Waals surface area (Å²) in [6, 6.07) is 5.22. The standard InChI is InChI=1S/C13H11N3O2S/c1-16-12(17)10-3-2-8(4-11(10)13(16)18)15-6-9-5-14-7-19-9/h2-5,7,15H,6H2,1H3. The van der Waals surface area contributed by atoms with Gasteiger partial charge >= 0.3 is 0 Å². The van der Waals surface area contributed by atoms with Crippen molar-refractivity contribution in [2.24, 2.45) is 0 Å². The van der Waals surface area contributed by atoms with E-state index in [9.17, 15) is 9.59 Å². The highest BCUT2D eigenvalue weighted by Crippen LogP contribution is 2.25. The summed E-state index contributed by atoms with van der Waals surface area (Å²) in [6.07, 6.45) is 1.80. The molecule has 96 valence electrons. The molecule has 0 saturated carbocycles. The maximum Gasteiger partial charge on any atom is 0.261 e. The van der Waals surface area contributed by atoms with E-state index in [1.54, 1.807) is 35.2 Å². The summed E-state index contributed by atoms with van der Waals surface area (Å²) < 4.78 is 0. The van der Waals surface area contributed by atoms with Crippen molar-refractivity contribution in [1.82, 2.24) is 9.88 Å². The molecule has 0 unspecified atom stereocenters. The molecular weight excluding hydrogens is 262 g/mol. The van der Waals surface area contributed by atoms with Gasteiger partial charge in [0.15, 0.2) is 0 Å². The first-order valence-corrected chi connectivity index (χ1v) is 6.62. The normalized spacial score (nSPS) is 13.8. The predicted molar refractivity (Wildman–Crippen MR) is 72.3 cm³/mol. The molecule has 0 fully saturated rings. The number of imide groups is 1. The van der Waals surface area contributed by atoms with Crippen molar-refractivity contribution < 1.29 is 9.59 Å². The molecule has 2 aromatic rings. The largest absolute Gasteiger partial charge is 0.380 e. The van der Waals surface area contributed by atoms with Gasteiger partial charge in [-0.15, -0.1) is 11.3 Å². The Hall–Kier alpha value is -2.21. The summed E-state index contributed by atoms with van der Waals surface area (Å²) in [5, 5.41) is 3.22. The Labute approximate surface area is 113 Å². The zero-order valence-electron chi connectivity index (χ0n) is 10.2. The zero-order chi connectivity index (χ0) is 13.4. The van der Waals surface area contributed by atoms with Crippen LogP contribution in [0.2, 0.25) is 0 Å². The van der Waals surface area contributed by atoms with Crippen molar-refractivity contribution in [3.63, 3.8) is 0 Å². The van der Waals surface area contributed by atoms with Gasteiger partial charge in [-0.05, 0) is 18.2 Å². The van der Waals surface area contributed by atoms with Gasteiger partial charge in [-0.25, -0.2) is 0 Å². The molecule has 0 atom stereocenters. The van der Waals surface area contributed by atoms with Gasteiger partial charge in [0.1, 0.15) is 0 Å². The molecule has 0 spiro atoms. The fraction of sp³-hybridized carbons (Fsp3) is 0.154. The number of hydrogen-bond acceptors (Lipinski definition) is 5. The minimum Gasteiger partial charge on any atom is -0.380 e. The number of aromatic nitrogens is 1. The van der Waals surface area contributed by atoms with Crippen molar-refractivity contribution in [1.29, 1.82) is 0 Å². The maximum atomic E-state index is 11.9. The van der Waals surface area contributed by atoms with Crippen LogP contribution in [0.4, 0.5) is 5.69 Å². The molecule has 2 amide bonds. The number of rotatable bonds is 3. The van der Waals surface area contributed by atoms with Gasteiger partial charge in [0.05, 0.1) is 23.2 Å². The van der Waals surface area contributed by atoms with Crippen LogP contribution in [0.5, 0.6) is 0 Å². The molecule has 0 radical (unpaired) electrons. The average Bonchev–Trinajstić information content (AvgIpc) is 3.01. The number of anilines is 1. The van der Waals surface area contributed by atoms with Crippen LogP contribution in [-0.2, 0) is 6.54 Å². The first-order valence-electron chi connectivity index (χ1n) is 5.74. The molecule has 1 aromatic heterocycles. The lowest BCUT2D eigenvalue weighted by atomic mass is 10.1. The Morgan fingerprint density at radius 2 is 2.05 bits per heavy atom. The van der Waals surface area contributed by atoms with E-state index in [-0.39, 0.29) is 11.8 Å². The highest BCUT2D eigenvalue weighted by Gasteiger charge is 2.32. The van der Waals surface area contributed by atoms with Crippen molar-refractivity contribution >= 4 is 28.8 Å². The van der Waals surface area contributed by atoms with Crippen LogP contribution in [0, 0.1) is 0 Å². The van der Waals surface area contributed by atoms with Crippen LogP contribution < -0.4 is 5.32 Å². The molecule has 1 aromatic carbocycles. The highest BCUT2D eigenvalue weighted by molar-refractivity contribution is 7.09. The molecule has 1 aliphatic heterocycles. The van der Waals surface area contributed by atoms with E-state index in [0.717, 1.165) is 15.5 Å². The molecule has 1 N–H and O–H groups in total. The SMILES string of the molecule is CN1C(=O)c2ccc(NCc3cncs3)cc2C1=O. The molecule has 0 aliphatic carbocycles. The second-order valence-corrected chi connectivity index (χ2v) is 5.22. The van der Waals surface area contributed by atoms with Crippen LogP contribution in [0.1, 0.15) is 25.6 Å². The van der Waals surface area contributed by atoms with Crippen LogP contribution in [0.25, 0.3) is 0 Å². The second-order valence-electron chi connectivity index (χ2n) is 4.25. The number of carbonyl (C=O) groups is 2. The van der Waals surface area contributed by atoms with Crippen molar-refractivity contribution in [2.75, 3.05) is 12.4 Å². The Balaban J connectivity index is 1.83. The van der Waals surface area contributed by atoms with E-state index in [1.807, 2.05) is 6.07 Å². The average molecular weight is 273 g/mol. The minimum atomic E-state index is -0.249. The maximum absolute atomic E-state index is 11.9. The first kappa shape index (κ1) is 11.9. The Morgan fingerprint density at radius 1 is 1.26 bits per heavy atom. The third-order valence-electron chi connectivity index (χ3n) is 3.04. The summed E-state index contributed by atoms with van der Waals surface area (Å²) >= 11 is 1.57. The molecule has 1 aliphatic rings. The summed E-state index contributed by atoms with van der Waals surface area (Å²) in [5.41, 5.74) is 3.53. The van der Waals surface area contributed by atoms with Gasteiger partial charge in [-0.3, -0.25) is 19.5 Å². The Bertz CT molecular complexity index is 652. The molecule has 2 heterocycles. The molecule has 0 bridgehead atoms. The van der Waals surface area contributed by atoms with E-state index in [2.05, 4.69) is 10.3 Å². The van der Waals surface area contributed by atoms with E-state index < -0.39 is 0 Å². The van der Waals surface area contributed by atoms with Crippen LogP contribution in [0.15, 0.2) is 29.9 Å². The summed E-state index contributed by atoms with van der Waals surface area (Å²) in [4.78, 5) is 29.8. The molecule has 3 rings (SSSR count). The van der Waals surface area contributed by atoms with Gasteiger partial charge in [0, 0.05) is 23.8 Å². The Morgan fingerprint density at radius 3 is 2.79 bits per heavy atom. The zero-order valence-corrected chi connectivity index (χ0v) is 11.0. The third-order valence-corrected chi connectivity index (χ3v) is 3.82. The number of carbonyl (C=O) groups excluding carboxylic acids is 2. The smallest absolute Gasteiger partial charge is 0.261 e. The molecule has 5 nitrogen and oxygen atoms in total. The van der Waals surface area contributed by atoms with Gasteiger partial charge in [-0.1, -0.05) is 0 Å². The summed E-state index contributed by atoms with van der Waals surface area (Å²) in [6.45, 7) is 0.654. The van der Waals surface area contributed by atoms with E-state index in [4.69, 9.17) is 0 Å². The summed E-state index contributed by atoms with van der Waals surface area (Å²) in [5.74, 6) is -0.490. The van der Waals surface area contributed by atoms with Gasteiger partial charge < -0.3 is 5.32 Å². The summed E-state index contributed by atoms with van der Waals surface area (Å²) in [7, 11) is 1.50. The second kappa shape index (κ2) is 4.47. The quantitative estimate of drug-likeness (QED) is 0.869. The first-order chi connectivity index (χ1) is 9.16. The van der Waals surface area contributed by atoms with Crippen LogP contribution in [0.3, 0.4) is 0 Å². The van der Waals surface area contributed by atoms with E-state index in [1.165, 1.54) is 7.05 Å². The fourth-order valence-electron chi connectivity index (χ4n) is 1.99. The number of hydrogen-bond donors (Lipinski definition) is 1. The van der Waals surface area contributed by atoms with E-state index >= 15 is 0 Å². The lowest BCUT2D eigenvalue weighted by Crippen LogP contribution is -2.24. The van der Waals surface area contributed by atoms with Crippen molar-refractivity contribution in [2.45, 2.75) is 6.54 Å². The predicted octanol–water partition coefficient (Wildman–Crippen LogP) is 1.98. The van der Waals surface area contributed by atoms with E-state index in [0.29, 0.717) is 17.7 Å². The number of benzene rings is 1. The fourth-order valence-corrected chi connectivity index (χ4v) is 2.52.